The van der Waals surface area contributed by atoms with Crippen molar-refractivity contribution < 1.29 is 4.79 Å². The zero-order valence-corrected chi connectivity index (χ0v) is 12.1. The Hall–Kier alpha value is -1.71. The first-order valence-corrected chi connectivity index (χ1v) is 7.66. The molecule has 2 aliphatic heterocycles. The molecule has 0 aromatic heterocycles. The second kappa shape index (κ2) is 5.73. The highest BCUT2D eigenvalue weighted by Crippen LogP contribution is 2.29. The lowest BCUT2D eigenvalue weighted by Gasteiger charge is -2.31. The number of urea groups is 1. The number of carbonyl (C=O) groups is 1. The maximum atomic E-state index is 12.4. The maximum Gasteiger partial charge on any atom is 0.321 e. The number of amides is 2. The molecule has 1 saturated heterocycles. The number of hydrogen-bond acceptors (Lipinski definition) is 2. The number of nitrogens with one attached hydrogen (secondary N) is 2. The van der Waals surface area contributed by atoms with Crippen LogP contribution in [0, 0.1) is 5.92 Å². The van der Waals surface area contributed by atoms with Crippen LogP contribution in [-0.4, -0.2) is 30.6 Å². The van der Waals surface area contributed by atoms with E-state index >= 15 is 0 Å². The molecule has 1 fully saturated rings. The Kier molecular flexibility index (Phi) is 3.81. The van der Waals surface area contributed by atoms with Crippen molar-refractivity contribution in [1.29, 1.82) is 0 Å². The van der Waals surface area contributed by atoms with E-state index in [0.29, 0.717) is 0 Å². The fourth-order valence-electron chi connectivity index (χ4n) is 3.03. The standard InChI is InChI=1S/C16H23N3O/c1-12-7-10-19(11-8-12)16(20)18-15-6-2-5-14-13(15)4-3-9-17-14/h2,5-6,12,17H,3-4,7-11H2,1H3,(H,18,20). The highest BCUT2D eigenvalue weighted by molar-refractivity contribution is 5.91. The first-order valence-electron chi connectivity index (χ1n) is 7.66. The molecule has 20 heavy (non-hydrogen) atoms. The molecule has 0 aliphatic carbocycles. The van der Waals surface area contributed by atoms with Gasteiger partial charge in [0, 0.05) is 31.0 Å². The molecule has 108 valence electrons. The third-order valence-corrected chi connectivity index (χ3v) is 4.41. The fraction of sp³-hybridized carbons (Fsp3) is 0.562. The van der Waals surface area contributed by atoms with E-state index in [1.807, 2.05) is 17.0 Å². The molecule has 0 saturated carbocycles. The van der Waals surface area contributed by atoms with Gasteiger partial charge < -0.3 is 15.5 Å². The summed E-state index contributed by atoms with van der Waals surface area (Å²) >= 11 is 0. The number of fused-ring (bicyclic) bond motifs is 1. The van der Waals surface area contributed by atoms with Crippen molar-refractivity contribution >= 4 is 17.4 Å². The Bertz CT molecular complexity index is 492. The molecule has 1 aromatic rings. The molecule has 2 aliphatic rings. The van der Waals surface area contributed by atoms with E-state index in [4.69, 9.17) is 0 Å². The minimum atomic E-state index is 0.0517. The van der Waals surface area contributed by atoms with Crippen molar-refractivity contribution in [2.45, 2.75) is 32.6 Å². The van der Waals surface area contributed by atoms with E-state index < -0.39 is 0 Å². The van der Waals surface area contributed by atoms with Crippen LogP contribution in [0.3, 0.4) is 0 Å². The lowest BCUT2D eigenvalue weighted by atomic mass is 9.99. The van der Waals surface area contributed by atoms with E-state index in [0.717, 1.165) is 56.9 Å². The van der Waals surface area contributed by atoms with Gasteiger partial charge in [0.05, 0.1) is 0 Å². The summed E-state index contributed by atoms with van der Waals surface area (Å²) in [5, 5.41) is 6.50. The van der Waals surface area contributed by atoms with Crippen molar-refractivity contribution in [2.24, 2.45) is 5.92 Å². The topological polar surface area (TPSA) is 44.4 Å². The van der Waals surface area contributed by atoms with Gasteiger partial charge in [0.2, 0.25) is 0 Å². The quantitative estimate of drug-likeness (QED) is 0.824. The molecule has 0 atom stereocenters. The van der Waals surface area contributed by atoms with Gasteiger partial charge in [0.15, 0.2) is 0 Å². The van der Waals surface area contributed by atoms with Gasteiger partial charge in [-0.2, -0.15) is 0 Å². The summed E-state index contributed by atoms with van der Waals surface area (Å²) in [6, 6.07) is 6.16. The van der Waals surface area contributed by atoms with Gasteiger partial charge in [-0.15, -0.1) is 0 Å². The van der Waals surface area contributed by atoms with Crippen LogP contribution in [-0.2, 0) is 6.42 Å². The molecule has 3 rings (SSSR count). The maximum absolute atomic E-state index is 12.4. The molecule has 0 radical (unpaired) electrons. The largest absolute Gasteiger partial charge is 0.385 e. The van der Waals surface area contributed by atoms with E-state index in [2.05, 4.69) is 23.6 Å². The third-order valence-electron chi connectivity index (χ3n) is 4.41. The van der Waals surface area contributed by atoms with Gasteiger partial charge >= 0.3 is 6.03 Å². The number of benzene rings is 1. The number of rotatable bonds is 1. The molecule has 4 nitrogen and oxygen atoms in total. The molecular formula is C16H23N3O. The molecule has 0 unspecified atom stereocenters. The van der Waals surface area contributed by atoms with Gasteiger partial charge in [-0.05, 0) is 49.3 Å². The summed E-state index contributed by atoms with van der Waals surface area (Å²) in [5.74, 6) is 0.743. The van der Waals surface area contributed by atoms with Crippen molar-refractivity contribution in [1.82, 2.24) is 4.90 Å². The fourth-order valence-corrected chi connectivity index (χ4v) is 3.03. The van der Waals surface area contributed by atoms with E-state index in [9.17, 15) is 4.79 Å². The molecule has 0 spiro atoms. The van der Waals surface area contributed by atoms with E-state index in [-0.39, 0.29) is 6.03 Å². The number of likely N-dealkylation sites (tertiary alicyclic amines) is 1. The van der Waals surface area contributed by atoms with Crippen molar-refractivity contribution in [2.75, 3.05) is 30.3 Å². The first kappa shape index (κ1) is 13.3. The summed E-state index contributed by atoms with van der Waals surface area (Å²) in [5.41, 5.74) is 3.39. The normalized spacial score (nSPS) is 19.1. The summed E-state index contributed by atoms with van der Waals surface area (Å²) in [6.45, 7) is 5.03. The number of carbonyl (C=O) groups excluding carboxylic acids is 1. The Morgan fingerprint density at radius 2 is 2.15 bits per heavy atom. The van der Waals surface area contributed by atoms with Crippen LogP contribution < -0.4 is 10.6 Å². The zero-order valence-electron chi connectivity index (χ0n) is 12.1. The Morgan fingerprint density at radius 3 is 2.95 bits per heavy atom. The van der Waals surface area contributed by atoms with Gasteiger partial charge in [-0.1, -0.05) is 13.0 Å². The van der Waals surface area contributed by atoms with Crippen LogP contribution in [0.5, 0.6) is 0 Å². The van der Waals surface area contributed by atoms with Crippen LogP contribution in [0.2, 0.25) is 0 Å². The van der Waals surface area contributed by atoms with Gasteiger partial charge in [-0.3, -0.25) is 0 Å². The van der Waals surface area contributed by atoms with Crippen LogP contribution in [0.15, 0.2) is 18.2 Å². The lowest BCUT2D eigenvalue weighted by molar-refractivity contribution is 0.186. The molecular weight excluding hydrogens is 250 g/mol. The molecule has 0 bridgehead atoms. The van der Waals surface area contributed by atoms with Crippen molar-refractivity contribution in [3.63, 3.8) is 0 Å². The average Bonchev–Trinajstić information content (AvgIpc) is 2.48. The van der Waals surface area contributed by atoms with E-state index in [1.165, 1.54) is 11.3 Å². The second-order valence-electron chi connectivity index (χ2n) is 5.96. The predicted molar refractivity (Wildman–Crippen MR) is 82.2 cm³/mol. The van der Waals surface area contributed by atoms with Gasteiger partial charge in [0.1, 0.15) is 0 Å². The summed E-state index contributed by atoms with van der Waals surface area (Å²) in [6.07, 6.45) is 4.39. The van der Waals surface area contributed by atoms with Crippen molar-refractivity contribution in [3.8, 4) is 0 Å². The van der Waals surface area contributed by atoms with Crippen LogP contribution in [0.4, 0.5) is 16.2 Å². The summed E-state index contributed by atoms with van der Waals surface area (Å²) in [7, 11) is 0. The molecule has 2 amide bonds. The third kappa shape index (κ3) is 2.74. The Balaban J connectivity index is 1.70. The number of piperidine rings is 1. The van der Waals surface area contributed by atoms with Crippen LogP contribution >= 0.6 is 0 Å². The Morgan fingerprint density at radius 1 is 1.35 bits per heavy atom. The minimum absolute atomic E-state index is 0.0517. The first-order chi connectivity index (χ1) is 9.74. The number of hydrogen-bond donors (Lipinski definition) is 2. The SMILES string of the molecule is CC1CCN(C(=O)Nc2cccc3c2CCCN3)CC1. The van der Waals surface area contributed by atoms with E-state index in [1.54, 1.807) is 0 Å². The molecule has 4 heteroatoms. The highest BCUT2D eigenvalue weighted by atomic mass is 16.2. The number of nitrogens with zero attached hydrogens (tertiary/aromatic N) is 1. The lowest BCUT2D eigenvalue weighted by Crippen LogP contribution is -2.40. The molecule has 2 heterocycles. The van der Waals surface area contributed by atoms with Crippen LogP contribution in [0.1, 0.15) is 31.7 Å². The van der Waals surface area contributed by atoms with Gasteiger partial charge in [-0.25, -0.2) is 4.79 Å². The monoisotopic (exact) mass is 273 g/mol. The molecule has 2 N–H and O–H groups in total. The number of anilines is 2. The minimum Gasteiger partial charge on any atom is -0.385 e. The zero-order chi connectivity index (χ0) is 13.9. The van der Waals surface area contributed by atoms with Gasteiger partial charge in [0.25, 0.3) is 0 Å². The molecule has 1 aromatic carbocycles. The highest BCUT2D eigenvalue weighted by Gasteiger charge is 2.21. The summed E-state index contributed by atoms with van der Waals surface area (Å²) in [4.78, 5) is 14.3. The second-order valence-corrected chi connectivity index (χ2v) is 5.96. The predicted octanol–water partition coefficient (Wildman–Crippen LogP) is 3.31. The average molecular weight is 273 g/mol. The Labute approximate surface area is 120 Å². The van der Waals surface area contributed by atoms with Crippen molar-refractivity contribution in [3.05, 3.63) is 23.8 Å². The smallest absolute Gasteiger partial charge is 0.321 e. The summed E-state index contributed by atoms with van der Waals surface area (Å²) < 4.78 is 0. The van der Waals surface area contributed by atoms with Crippen LogP contribution in [0.25, 0.3) is 0 Å².